The first kappa shape index (κ1) is 12.8. The summed E-state index contributed by atoms with van der Waals surface area (Å²) in [6, 6.07) is 4.42. The molecule has 1 unspecified atom stereocenters. The Balaban J connectivity index is 2.37. The van der Waals surface area contributed by atoms with Crippen LogP contribution in [0, 0.1) is 20.8 Å². The number of nitrogens with zero attached hydrogens (tertiary/aromatic N) is 3. The molecule has 2 aromatic rings. The first-order valence-corrected chi connectivity index (χ1v) is 6.21. The summed E-state index contributed by atoms with van der Waals surface area (Å²) >= 11 is 0. The molecule has 0 aliphatic heterocycles. The van der Waals surface area contributed by atoms with Gasteiger partial charge in [-0.2, -0.15) is 5.10 Å². The van der Waals surface area contributed by atoms with Gasteiger partial charge in [-0.1, -0.05) is 6.07 Å². The third-order valence-corrected chi connectivity index (χ3v) is 3.57. The molecule has 0 fully saturated rings. The Morgan fingerprint density at radius 3 is 2.39 bits per heavy atom. The molecule has 0 spiro atoms. The molecule has 0 radical (unpaired) electrons. The predicted molar refractivity (Wildman–Crippen MR) is 73.0 cm³/mol. The molecule has 18 heavy (non-hydrogen) atoms. The van der Waals surface area contributed by atoms with Gasteiger partial charge in [0.1, 0.15) is 0 Å². The van der Waals surface area contributed by atoms with Gasteiger partial charge in [-0.25, -0.2) is 9.67 Å². The van der Waals surface area contributed by atoms with E-state index in [2.05, 4.69) is 42.2 Å². The number of hydrogen-bond acceptors (Lipinski definition) is 3. The van der Waals surface area contributed by atoms with Crippen LogP contribution in [0.4, 0.5) is 0 Å². The lowest BCUT2D eigenvalue weighted by Crippen LogP contribution is -2.13. The number of nitrogens with one attached hydrogen (secondary N) is 1. The standard InChI is InChI=1S/C14H20N4/c1-9-10(2)17-18(12(9)4)14-7-6-13(8-16-14)11(3)15-5/h6-8,11,15H,1-5H3. The van der Waals surface area contributed by atoms with Gasteiger partial charge < -0.3 is 5.32 Å². The quantitative estimate of drug-likeness (QED) is 0.902. The molecule has 96 valence electrons. The third kappa shape index (κ3) is 2.16. The van der Waals surface area contributed by atoms with Crippen LogP contribution >= 0.6 is 0 Å². The highest BCUT2D eigenvalue weighted by molar-refractivity contribution is 5.32. The van der Waals surface area contributed by atoms with Gasteiger partial charge >= 0.3 is 0 Å². The molecule has 2 rings (SSSR count). The van der Waals surface area contributed by atoms with Crippen LogP contribution in [0.3, 0.4) is 0 Å². The van der Waals surface area contributed by atoms with E-state index in [9.17, 15) is 0 Å². The average molecular weight is 244 g/mol. The molecule has 1 N–H and O–H groups in total. The molecular weight excluding hydrogens is 224 g/mol. The SMILES string of the molecule is CNC(C)c1ccc(-n2nc(C)c(C)c2C)nc1. The van der Waals surface area contributed by atoms with E-state index in [0.717, 1.165) is 17.2 Å². The molecule has 0 bridgehead atoms. The molecule has 0 saturated heterocycles. The van der Waals surface area contributed by atoms with Gasteiger partial charge in [0.05, 0.1) is 5.69 Å². The molecule has 0 aliphatic carbocycles. The van der Waals surface area contributed by atoms with E-state index in [1.165, 1.54) is 11.1 Å². The largest absolute Gasteiger partial charge is 0.313 e. The van der Waals surface area contributed by atoms with E-state index < -0.39 is 0 Å². The van der Waals surface area contributed by atoms with Crippen LogP contribution in [0.2, 0.25) is 0 Å². The molecule has 0 aromatic carbocycles. The van der Waals surface area contributed by atoms with Crippen molar-refractivity contribution in [2.24, 2.45) is 0 Å². The lowest BCUT2D eigenvalue weighted by atomic mass is 10.1. The number of pyridine rings is 1. The van der Waals surface area contributed by atoms with E-state index in [-0.39, 0.29) is 0 Å². The average Bonchev–Trinajstić information content (AvgIpc) is 2.66. The van der Waals surface area contributed by atoms with Crippen LogP contribution in [-0.4, -0.2) is 21.8 Å². The van der Waals surface area contributed by atoms with Gasteiger partial charge in [-0.3, -0.25) is 0 Å². The molecule has 0 amide bonds. The fraction of sp³-hybridized carbons (Fsp3) is 0.429. The number of rotatable bonds is 3. The highest BCUT2D eigenvalue weighted by Gasteiger charge is 2.10. The third-order valence-electron chi connectivity index (χ3n) is 3.57. The van der Waals surface area contributed by atoms with Crippen molar-refractivity contribution in [3.8, 4) is 5.82 Å². The Morgan fingerprint density at radius 1 is 1.22 bits per heavy atom. The Kier molecular flexibility index (Phi) is 3.48. The Hall–Kier alpha value is -1.68. The van der Waals surface area contributed by atoms with Crippen LogP contribution < -0.4 is 5.32 Å². The topological polar surface area (TPSA) is 42.7 Å². The van der Waals surface area contributed by atoms with Crippen molar-refractivity contribution in [1.82, 2.24) is 20.1 Å². The summed E-state index contributed by atoms with van der Waals surface area (Å²) in [6.07, 6.45) is 1.91. The van der Waals surface area contributed by atoms with Crippen molar-refractivity contribution in [2.75, 3.05) is 7.05 Å². The Labute approximate surface area is 108 Å². The van der Waals surface area contributed by atoms with Gasteiger partial charge in [-0.15, -0.1) is 0 Å². The number of aryl methyl sites for hydroxylation is 1. The van der Waals surface area contributed by atoms with Crippen LogP contribution in [0.15, 0.2) is 18.3 Å². The summed E-state index contributed by atoms with van der Waals surface area (Å²) in [7, 11) is 1.95. The van der Waals surface area contributed by atoms with E-state index in [1.807, 2.05) is 30.9 Å². The van der Waals surface area contributed by atoms with Crippen LogP contribution in [0.25, 0.3) is 5.82 Å². The minimum absolute atomic E-state index is 0.314. The summed E-state index contributed by atoms with van der Waals surface area (Å²) < 4.78 is 1.90. The van der Waals surface area contributed by atoms with Crippen LogP contribution in [0.1, 0.15) is 35.5 Å². The molecule has 0 saturated carbocycles. The van der Waals surface area contributed by atoms with Crippen molar-refractivity contribution in [3.05, 3.63) is 40.8 Å². The second kappa shape index (κ2) is 4.90. The summed E-state index contributed by atoms with van der Waals surface area (Å²) in [5.41, 5.74) is 4.61. The summed E-state index contributed by atoms with van der Waals surface area (Å²) in [6.45, 7) is 8.30. The second-order valence-corrected chi connectivity index (χ2v) is 4.67. The molecule has 2 heterocycles. The van der Waals surface area contributed by atoms with E-state index in [0.29, 0.717) is 6.04 Å². The van der Waals surface area contributed by atoms with Gasteiger partial charge in [0.25, 0.3) is 0 Å². The highest BCUT2D eigenvalue weighted by Crippen LogP contribution is 2.17. The maximum Gasteiger partial charge on any atom is 0.153 e. The van der Waals surface area contributed by atoms with Crippen molar-refractivity contribution in [3.63, 3.8) is 0 Å². The molecule has 4 nitrogen and oxygen atoms in total. The summed E-state index contributed by atoms with van der Waals surface area (Å²) in [4.78, 5) is 4.49. The van der Waals surface area contributed by atoms with E-state index in [1.54, 1.807) is 0 Å². The van der Waals surface area contributed by atoms with Crippen molar-refractivity contribution in [2.45, 2.75) is 33.7 Å². The molecule has 1 atom stereocenters. The van der Waals surface area contributed by atoms with E-state index in [4.69, 9.17) is 0 Å². The molecule has 0 aliphatic rings. The van der Waals surface area contributed by atoms with Crippen molar-refractivity contribution < 1.29 is 0 Å². The van der Waals surface area contributed by atoms with E-state index >= 15 is 0 Å². The minimum Gasteiger partial charge on any atom is -0.313 e. The minimum atomic E-state index is 0.314. The zero-order chi connectivity index (χ0) is 13.3. The smallest absolute Gasteiger partial charge is 0.153 e. The Bertz CT molecular complexity index is 540. The lowest BCUT2D eigenvalue weighted by Gasteiger charge is -2.11. The van der Waals surface area contributed by atoms with Crippen molar-refractivity contribution in [1.29, 1.82) is 0 Å². The first-order chi connectivity index (χ1) is 8.54. The number of aromatic nitrogens is 3. The summed E-state index contributed by atoms with van der Waals surface area (Å²) in [5, 5.41) is 7.72. The zero-order valence-electron chi connectivity index (χ0n) is 11.7. The second-order valence-electron chi connectivity index (χ2n) is 4.67. The monoisotopic (exact) mass is 244 g/mol. The zero-order valence-corrected chi connectivity index (χ0v) is 11.7. The molecular formula is C14H20N4. The number of hydrogen-bond donors (Lipinski definition) is 1. The lowest BCUT2D eigenvalue weighted by molar-refractivity contribution is 0.648. The van der Waals surface area contributed by atoms with Gasteiger partial charge in [0.15, 0.2) is 5.82 Å². The normalized spacial score (nSPS) is 12.7. The maximum absolute atomic E-state index is 4.51. The van der Waals surface area contributed by atoms with Crippen LogP contribution in [-0.2, 0) is 0 Å². The van der Waals surface area contributed by atoms with Gasteiger partial charge in [0, 0.05) is 17.9 Å². The van der Waals surface area contributed by atoms with Gasteiger partial charge in [-0.05, 0) is 51.9 Å². The highest BCUT2D eigenvalue weighted by atomic mass is 15.3. The summed E-state index contributed by atoms with van der Waals surface area (Å²) in [5.74, 6) is 0.871. The fourth-order valence-corrected chi connectivity index (χ4v) is 1.89. The first-order valence-electron chi connectivity index (χ1n) is 6.21. The molecule has 4 heteroatoms. The Morgan fingerprint density at radius 2 is 1.94 bits per heavy atom. The fourth-order valence-electron chi connectivity index (χ4n) is 1.89. The molecule has 2 aromatic heterocycles. The predicted octanol–water partition coefficient (Wildman–Crippen LogP) is 2.47. The van der Waals surface area contributed by atoms with Crippen molar-refractivity contribution >= 4 is 0 Å². The van der Waals surface area contributed by atoms with Crippen LogP contribution in [0.5, 0.6) is 0 Å². The van der Waals surface area contributed by atoms with Gasteiger partial charge in [0.2, 0.25) is 0 Å². The maximum atomic E-state index is 4.51.